The molecule has 5 nitrogen and oxygen atoms in total. The maximum Gasteiger partial charge on any atom is 0.573 e. The number of rotatable bonds is 5. The minimum Gasteiger partial charge on any atom is -0.405 e. The van der Waals surface area contributed by atoms with E-state index < -0.39 is 23.3 Å². The van der Waals surface area contributed by atoms with Gasteiger partial charge in [-0.2, -0.15) is 5.26 Å². The summed E-state index contributed by atoms with van der Waals surface area (Å²) in [5.41, 5.74) is -0.775. The number of amides is 1. The molecule has 0 atom stereocenters. The van der Waals surface area contributed by atoms with Crippen molar-refractivity contribution in [2.75, 3.05) is 13.2 Å². The number of nitrogens with one attached hydrogen (secondary N) is 1. The van der Waals surface area contributed by atoms with Gasteiger partial charge in [-0.25, -0.2) is 0 Å². The van der Waals surface area contributed by atoms with Crippen LogP contribution in [0, 0.1) is 16.7 Å². The lowest BCUT2D eigenvalue weighted by molar-refractivity contribution is -0.274. The summed E-state index contributed by atoms with van der Waals surface area (Å²) in [5, 5.41) is 11.7. The number of nitrogens with zero attached hydrogens (tertiary/aromatic N) is 1. The molecule has 4 rings (SSSR count). The van der Waals surface area contributed by atoms with Gasteiger partial charge in [-0.05, 0) is 25.0 Å². The van der Waals surface area contributed by atoms with Crippen LogP contribution in [-0.4, -0.2) is 31.0 Å². The van der Waals surface area contributed by atoms with E-state index in [2.05, 4.69) is 16.1 Å². The summed E-state index contributed by atoms with van der Waals surface area (Å²) in [6.45, 7) is 0.637. The highest BCUT2D eigenvalue weighted by Crippen LogP contribution is 2.57. The van der Waals surface area contributed by atoms with Crippen LogP contribution in [0.25, 0.3) is 6.08 Å². The molecule has 25 heavy (non-hydrogen) atoms. The van der Waals surface area contributed by atoms with Crippen LogP contribution >= 0.6 is 0 Å². The summed E-state index contributed by atoms with van der Waals surface area (Å²) in [6, 6.07) is 7.77. The maximum atomic E-state index is 12.4. The van der Waals surface area contributed by atoms with Crippen LogP contribution in [0.1, 0.15) is 18.4 Å². The normalized spacial score (nSPS) is 27.6. The number of hydrogen-bond acceptors (Lipinski definition) is 4. The first-order valence-electron chi connectivity index (χ1n) is 7.61. The highest BCUT2D eigenvalue weighted by molar-refractivity contribution is 5.92. The molecule has 3 fully saturated rings. The topological polar surface area (TPSA) is 71.3 Å². The molecule has 2 bridgehead atoms. The van der Waals surface area contributed by atoms with Gasteiger partial charge in [0, 0.05) is 18.2 Å². The van der Waals surface area contributed by atoms with E-state index in [0.29, 0.717) is 19.4 Å². The van der Waals surface area contributed by atoms with E-state index in [1.54, 1.807) is 6.07 Å². The maximum absolute atomic E-state index is 12.4. The van der Waals surface area contributed by atoms with Crippen molar-refractivity contribution in [3.05, 3.63) is 35.9 Å². The van der Waals surface area contributed by atoms with Crippen LogP contribution in [0.3, 0.4) is 0 Å². The van der Waals surface area contributed by atoms with Crippen molar-refractivity contribution in [3.63, 3.8) is 0 Å². The lowest BCUT2D eigenvalue weighted by Crippen LogP contribution is -2.51. The first-order chi connectivity index (χ1) is 11.7. The summed E-state index contributed by atoms with van der Waals surface area (Å²) in [7, 11) is 0. The lowest BCUT2D eigenvalue weighted by Gasteiger charge is -2.40. The molecule has 0 radical (unpaired) electrons. The molecule has 1 aromatic carbocycles. The standard InChI is InChI=1S/C17H15F3N2O3/c18-17(19,20)25-13-4-2-1-3-12(13)5-6-14(23)22-10-16-7-15(8-16,9-21)11-24-16/h1-6H,7-8,10-11H2,(H,22,23)/b6-5+. The molecule has 0 spiro atoms. The summed E-state index contributed by atoms with van der Waals surface area (Å²) in [6.07, 6.45) is -1.24. The molecule has 0 aromatic heterocycles. The van der Waals surface area contributed by atoms with Crippen molar-refractivity contribution in [2.45, 2.75) is 24.8 Å². The van der Waals surface area contributed by atoms with Crippen molar-refractivity contribution >= 4 is 12.0 Å². The minimum atomic E-state index is -4.80. The zero-order valence-corrected chi connectivity index (χ0v) is 13.1. The number of para-hydroxylation sites is 1. The number of nitriles is 1. The van der Waals surface area contributed by atoms with Gasteiger partial charge in [0.15, 0.2) is 0 Å². The Morgan fingerprint density at radius 2 is 2.12 bits per heavy atom. The monoisotopic (exact) mass is 352 g/mol. The minimum absolute atomic E-state index is 0.136. The SMILES string of the molecule is N#CC12COC(CNC(=O)/C=C/c3ccccc3OC(F)(F)F)(C1)C2. The zero-order valence-electron chi connectivity index (χ0n) is 13.1. The number of carbonyl (C=O) groups excluding carboxylic acids is 1. The van der Waals surface area contributed by atoms with E-state index in [1.807, 2.05) is 0 Å². The predicted molar refractivity (Wildman–Crippen MR) is 81.1 cm³/mol. The third-order valence-electron chi connectivity index (χ3n) is 4.36. The fraction of sp³-hybridized carbons (Fsp3) is 0.412. The quantitative estimate of drug-likeness (QED) is 0.827. The Labute approximate surface area is 142 Å². The van der Waals surface area contributed by atoms with Crippen molar-refractivity contribution in [2.24, 2.45) is 5.41 Å². The molecule has 1 saturated carbocycles. The molecule has 2 heterocycles. The Kier molecular flexibility index (Phi) is 4.21. The first kappa shape index (κ1) is 17.3. The average Bonchev–Trinajstić information content (AvgIpc) is 3.07. The molecule has 1 aliphatic carbocycles. The number of halogens is 3. The second-order valence-electron chi connectivity index (χ2n) is 6.35. The fourth-order valence-corrected chi connectivity index (χ4v) is 3.27. The molecular formula is C17H15F3N2O3. The van der Waals surface area contributed by atoms with Gasteiger partial charge >= 0.3 is 6.36 Å². The van der Waals surface area contributed by atoms with Gasteiger partial charge in [-0.1, -0.05) is 18.2 Å². The summed E-state index contributed by atoms with van der Waals surface area (Å²) >= 11 is 0. The fourth-order valence-electron chi connectivity index (χ4n) is 3.27. The number of alkyl halides is 3. The van der Waals surface area contributed by atoms with Gasteiger partial charge in [-0.3, -0.25) is 4.79 Å². The third kappa shape index (κ3) is 3.77. The van der Waals surface area contributed by atoms with E-state index in [4.69, 9.17) is 10.00 Å². The van der Waals surface area contributed by atoms with Gasteiger partial charge in [0.25, 0.3) is 0 Å². The van der Waals surface area contributed by atoms with Gasteiger partial charge in [0.2, 0.25) is 5.91 Å². The van der Waals surface area contributed by atoms with Crippen molar-refractivity contribution < 1.29 is 27.4 Å². The van der Waals surface area contributed by atoms with Crippen LogP contribution in [0.4, 0.5) is 13.2 Å². The second-order valence-corrected chi connectivity index (χ2v) is 6.35. The van der Waals surface area contributed by atoms with E-state index in [0.717, 1.165) is 6.08 Å². The Bertz CT molecular complexity index is 746. The third-order valence-corrected chi connectivity index (χ3v) is 4.36. The molecule has 2 saturated heterocycles. The van der Waals surface area contributed by atoms with Gasteiger partial charge < -0.3 is 14.8 Å². The molecule has 1 aromatic rings. The Balaban J connectivity index is 1.56. The van der Waals surface area contributed by atoms with Gasteiger partial charge in [0.05, 0.1) is 23.7 Å². The molecule has 132 valence electrons. The first-order valence-corrected chi connectivity index (χ1v) is 7.61. The zero-order chi connectivity index (χ0) is 18.1. The summed E-state index contributed by atoms with van der Waals surface area (Å²) in [4.78, 5) is 11.9. The van der Waals surface area contributed by atoms with E-state index >= 15 is 0 Å². The van der Waals surface area contributed by atoms with E-state index in [1.165, 1.54) is 24.3 Å². The summed E-state index contributed by atoms with van der Waals surface area (Å²) in [5.74, 6) is -0.837. The van der Waals surface area contributed by atoms with Crippen LogP contribution in [0.15, 0.2) is 30.3 Å². The largest absolute Gasteiger partial charge is 0.573 e. The highest BCUT2D eigenvalue weighted by atomic mass is 19.4. The average molecular weight is 352 g/mol. The Morgan fingerprint density at radius 3 is 2.76 bits per heavy atom. The van der Waals surface area contributed by atoms with Crippen molar-refractivity contribution in [1.82, 2.24) is 5.32 Å². The number of fused-ring (bicyclic) bond motifs is 1. The lowest BCUT2D eigenvalue weighted by atomic mass is 9.63. The van der Waals surface area contributed by atoms with Gasteiger partial charge in [0.1, 0.15) is 5.75 Å². The molecule has 2 aliphatic heterocycles. The van der Waals surface area contributed by atoms with Crippen molar-refractivity contribution in [3.8, 4) is 11.8 Å². The molecular weight excluding hydrogens is 337 g/mol. The number of hydrogen-bond donors (Lipinski definition) is 1. The highest BCUT2D eigenvalue weighted by Gasteiger charge is 2.62. The summed E-state index contributed by atoms with van der Waals surface area (Å²) < 4.78 is 46.6. The second kappa shape index (κ2) is 6.08. The molecule has 3 aliphatic rings. The van der Waals surface area contributed by atoms with Crippen LogP contribution in [-0.2, 0) is 9.53 Å². The molecule has 1 amide bonds. The molecule has 1 N–H and O–H groups in total. The number of ether oxygens (including phenoxy) is 2. The van der Waals surface area contributed by atoms with Crippen molar-refractivity contribution in [1.29, 1.82) is 5.26 Å². The Morgan fingerprint density at radius 1 is 1.40 bits per heavy atom. The molecule has 8 heteroatoms. The van der Waals surface area contributed by atoms with Gasteiger partial charge in [-0.15, -0.1) is 13.2 Å². The van der Waals surface area contributed by atoms with Crippen LogP contribution < -0.4 is 10.1 Å². The Hall–Kier alpha value is -2.53. The predicted octanol–water partition coefficient (Wildman–Crippen LogP) is 2.79. The molecule has 0 unspecified atom stereocenters. The number of benzene rings is 1. The van der Waals surface area contributed by atoms with Crippen LogP contribution in [0.2, 0.25) is 0 Å². The van der Waals surface area contributed by atoms with E-state index in [-0.39, 0.29) is 17.9 Å². The van der Waals surface area contributed by atoms with E-state index in [9.17, 15) is 18.0 Å². The van der Waals surface area contributed by atoms with Crippen LogP contribution in [0.5, 0.6) is 5.75 Å². The smallest absolute Gasteiger partial charge is 0.405 e. The number of carbonyl (C=O) groups is 1.